The van der Waals surface area contributed by atoms with Gasteiger partial charge in [-0.2, -0.15) is 0 Å². The molecule has 0 fully saturated rings. The summed E-state index contributed by atoms with van der Waals surface area (Å²) in [6.45, 7) is 1.61. The zero-order valence-corrected chi connectivity index (χ0v) is 12.1. The minimum atomic E-state index is -3.03. The summed E-state index contributed by atoms with van der Waals surface area (Å²) in [7, 11) is -3.03. The van der Waals surface area contributed by atoms with E-state index in [1.54, 1.807) is 19.1 Å². The van der Waals surface area contributed by atoms with Crippen LogP contribution in [0.15, 0.2) is 18.2 Å². The van der Waals surface area contributed by atoms with Crippen molar-refractivity contribution in [2.24, 2.45) is 0 Å². The van der Waals surface area contributed by atoms with E-state index in [2.05, 4.69) is 0 Å². The van der Waals surface area contributed by atoms with Crippen molar-refractivity contribution >= 4 is 33.1 Å². The van der Waals surface area contributed by atoms with Gasteiger partial charge in [0.15, 0.2) is 0 Å². The van der Waals surface area contributed by atoms with Crippen LogP contribution in [0.4, 0.5) is 5.69 Å². The molecule has 7 heteroatoms. The van der Waals surface area contributed by atoms with Gasteiger partial charge in [0, 0.05) is 5.75 Å². The number of carbonyl (C=O) groups excluding carboxylic acids is 1. The zero-order chi connectivity index (χ0) is 14.5. The fourth-order valence-corrected chi connectivity index (χ4v) is 2.42. The molecule has 1 aromatic carbocycles. The first kappa shape index (κ1) is 15.8. The van der Waals surface area contributed by atoms with Gasteiger partial charge in [-0.25, -0.2) is 13.2 Å². The topological polar surface area (TPSA) is 86.5 Å². The Labute approximate surface area is 117 Å². The predicted molar refractivity (Wildman–Crippen MR) is 75.1 cm³/mol. The van der Waals surface area contributed by atoms with Crippen LogP contribution in [-0.4, -0.2) is 32.5 Å². The molecule has 0 aliphatic carbocycles. The highest BCUT2D eigenvalue weighted by molar-refractivity contribution is 7.91. The molecule has 1 rings (SSSR count). The maximum atomic E-state index is 11.7. The smallest absolute Gasteiger partial charge is 0.339 e. The summed E-state index contributed by atoms with van der Waals surface area (Å²) in [6, 6.07) is 4.68. The molecule has 0 radical (unpaired) electrons. The van der Waals surface area contributed by atoms with E-state index in [0.717, 1.165) is 0 Å². The van der Waals surface area contributed by atoms with Crippen molar-refractivity contribution < 1.29 is 17.9 Å². The van der Waals surface area contributed by atoms with E-state index < -0.39 is 15.8 Å². The number of rotatable bonds is 6. The molecule has 0 atom stereocenters. The first-order chi connectivity index (χ1) is 8.87. The molecule has 0 spiro atoms. The van der Waals surface area contributed by atoms with Crippen molar-refractivity contribution in [3.63, 3.8) is 0 Å². The largest absolute Gasteiger partial charge is 0.462 e. The molecule has 0 aliphatic rings. The van der Waals surface area contributed by atoms with Gasteiger partial charge >= 0.3 is 5.97 Å². The summed E-state index contributed by atoms with van der Waals surface area (Å²) >= 11 is 5.87. The Hall–Kier alpha value is -1.27. The lowest BCUT2D eigenvalue weighted by Gasteiger charge is -2.07. The van der Waals surface area contributed by atoms with Gasteiger partial charge in [-0.1, -0.05) is 24.6 Å². The van der Waals surface area contributed by atoms with Crippen molar-refractivity contribution in [1.82, 2.24) is 0 Å². The Morgan fingerprint density at radius 2 is 2.11 bits per heavy atom. The van der Waals surface area contributed by atoms with Crippen LogP contribution in [0.1, 0.15) is 23.7 Å². The van der Waals surface area contributed by atoms with Crippen LogP contribution in [0.3, 0.4) is 0 Å². The Kier molecular flexibility index (Phi) is 5.62. The Morgan fingerprint density at radius 3 is 2.74 bits per heavy atom. The van der Waals surface area contributed by atoms with Gasteiger partial charge in [0.2, 0.25) is 0 Å². The van der Waals surface area contributed by atoms with Gasteiger partial charge in [-0.05, 0) is 18.6 Å². The monoisotopic (exact) mass is 305 g/mol. The number of nitrogen functional groups attached to an aromatic ring is 1. The van der Waals surface area contributed by atoms with Gasteiger partial charge in [-0.3, -0.25) is 0 Å². The first-order valence-corrected chi connectivity index (χ1v) is 7.99. The highest BCUT2D eigenvalue weighted by atomic mass is 35.5. The molecule has 0 saturated heterocycles. The van der Waals surface area contributed by atoms with Gasteiger partial charge in [0.05, 0.1) is 28.6 Å². The lowest BCUT2D eigenvalue weighted by molar-refractivity contribution is 0.0506. The van der Waals surface area contributed by atoms with Gasteiger partial charge in [0.1, 0.15) is 9.84 Å². The number of anilines is 1. The SMILES string of the molecule is CCS(=O)(=O)CCCOC(=O)c1cccc(N)c1Cl. The van der Waals surface area contributed by atoms with E-state index in [9.17, 15) is 13.2 Å². The molecule has 2 N–H and O–H groups in total. The summed E-state index contributed by atoms with van der Waals surface area (Å²) in [5.74, 6) is -0.519. The highest BCUT2D eigenvalue weighted by Gasteiger charge is 2.14. The Balaban J connectivity index is 2.51. The summed E-state index contributed by atoms with van der Waals surface area (Å²) in [5, 5.41) is 0.147. The highest BCUT2D eigenvalue weighted by Crippen LogP contribution is 2.23. The molecule has 0 amide bonds. The molecule has 0 bridgehead atoms. The third-order valence-electron chi connectivity index (χ3n) is 2.52. The normalized spacial score (nSPS) is 11.3. The second-order valence-electron chi connectivity index (χ2n) is 3.93. The molecule has 19 heavy (non-hydrogen) atoms. The number of hydrogen-bond acceptors (Lipinski definition) is 5. The molecular formula is C12H16ClNO4S. The molecule has 0 unspecified atom stereocenters. The number of hydrogen-bond donors (Lipinski definition) is 1. The number of nitrogens with two attached hydrogens (primary N) is 1. The third kappa shape index (κ3) is 4.72. The second kappa shape index (κ2) is 6.77. The van der Waals surface area contributed by atoms with Crippen LogP contribution >= 0.6 is 11.6 Å². The van der Waals surface area contributed by atoms with Crippen LogP contribution in [0.5, 0.6) is 0 Å². The molecular weight excluding hydrogens is 290 g/mol. The molecule has 0 aliphatic heterocycles. The standard InChI is InChI=1S/C12H16ClNO4S/c1-2-19(16,17)8-4-7-18-12(15)9-5-3-6-10(14)11(9)13/h3,5-6H,2,4,7-8,14H2,1H3. The minimum Gasteiger partial charge on any atom is -0.462 e. The molecule has 0 heterocycles. The van der Waals surface area contributed by atoms with Gasteiger partial charge in [-0.15, -0.1) is 0 Å². The average Bonchev–Trinajstić information content (AvgIpc) is 2.37. The summed E-state index contributed by atoms with van der Waals surface area (Å²) in [6.07, 6.45) is 0.266. The first-order valence-electron chi connectivity index (χ1n) is 5.79. The third-order valence-corrected chi connectivity index (χ3v) is 4.73. The minimum absolute atomic E-state index is 0.00143. The molecule has 0 aromatic heterocycles. The van der Waals surface area contributed by atoms with Crippen molar-refractivity contribution in [3.8, 4) is 0 Å². The fourth-order valence-electron chi connectivity index (χ4n) is 1.37. The van der Waals surface area contributed by atoms with Crippen LogP contribution < -0.4 is 5.73 Å². The lowest BCUT2D eigenvalue weighted by Crippen LogP contribution is -2.13. The van der Waals surface area contributed by atoms with E-state index in [1.165, 1.54) is 6.07 Å². The van der Waals surface area contributed by atoms with Crippen molar-refractivity contribution in [2.75, 3.05) is 23.8 Å². The zero-order valence-electron chi connectivity index (χ0n) is 10.6. The number of sulfone groups is 1. The van der Waals surface area contributed by atoms with Crippen molar-refractivity contribution in [2.45, 2.75) is 13.3 Å². The van der Waals surface area contributed by atoms with E-state index in [1.807, 2.05) is 0 Å². The second-order valence-corrected chi connectivity index (χ2v) is 6.79. The average molecular weight is 306 g/mol. The predicted octanol–water partition coefficient (Wildman–Crippen LogP) is 1.90. The fraction of sp³-hybridized carbons (Fsp3) is 0.417. The van der Waals surface area contributed by atoms with Crippen LogP contribution in [0.25, 0.3) is 0 Å². The number of ether oxygens (including phenoxy) is 1. The van der Waals surface area contributed by atoms with E-state index in [4.69, 9.17) is 22.1 Å². The van der Waals surface area contributed by atoms with Crippen molar-refractivity contribution in [3.05, 3.63) is 28.8 Å². The quantitative estimate of drug-likeness (QED) is 0.493. The van der Waals surface area contributed by atoms with Gasteiger partial charge in [0.25, 0.3) is 0 Å². The Morgan fingerprint density at radius 1 is 1.42 bits per heavy atom. The maximum Gasteiger partial charge on any atom is 0.339 e. The summed E-state index contributed by atoms with van der Waals surface area (Å²) in [5.41, 5.74) is 6.05. The Bertz CT molecular complexity index is 557. The van der Waals surface area contributed by atoms with Crippen LogP contribution in [0, 0.1) is 0 Å². The van der Waals surface area contributed by atoms with Gasteiger partial charge < -0.3 is 10.5 Å². The number of halogens is 1. The summed E-state index contributed by atoms with van der Waals surface area (Å²) in [4.78, 5) is 11.7. The summed E-state index contributed by atoms with van der Waals surface area (Å²) < 4.78 is 27.4. The van der Waals surface area contributed by atoms with E-state index >= 15 is 0 Å². The maximum absolute atomic E-state index is 11.7. The van der Waals surface area contributed by atoms with Crippen LogP contribution in [-0.2, 0) is 14.6 Å². The number of esters is 1. The molecule has 106 valence electrons. The van der Waals surface area contributed by atoms with Crippen LogP contribution in [0.2, 0.25) is 5.02 Å². The van der Waals surface area contributed by atoms with Crippen molar-refractivity contribution in [1.29, 1.82) is 0 Å². The van der Waals surface area contributed by atoms with E-state index in [-0.39, 0.29) is 35.1 Å². The van der Waals surface area contributed by atoms with E-state index in [0.29, 0.717) is 5.69 Å². The molecule has 0 saturated carbocycles. The number of carbonyl (C=O) groups is 1. The molecule has 1 aromatic rings. The molecule has 5 nitrogen and oxygen atoms in total. The lowest BCUT2D eigenvalue weighted by atomic mass is 10.2. The number of benzene rings is 1.